The van der Waals surface area contributed by atoms with Crippen molar-refractivity contribution in [1.82, 2.24) is 0 Å². The molecule has 2 N–H and O–H groups in total. The van der Waals surface area contributed by atoms with Gasteiger partial charge in [0.15, 0.2) is 0 Å². The van der Waals surface area contributed by atoms with Crippen LogP contribution in [0.5, 0.6) is 0 Å². The van der Waals surface area contributed by atoms with Crippen LogP contribution in [0.4, 0.5) is 0 Å². The fraction of sp³-hybridized carbons (Fsp3) is 0.789. The van der Waals surface area contributed by atoms with E-state index in [1.807, 2.05) is 0 Å². The molecule has 0 saturated heterocycles. The maximum absolute atomic E-state index is 10.8. The molecule has 0 aromatic carbocycles. The molecule has 1 aromatic heterocycles. The van der Waals surface area contributed by atoms with Gasteiger partial charge in [0.25, 0.3) is 10.1 Å². The van der Waals surface area contributed by atoms with E-state index < -0.39 is 22.0 Å². The first-order valence-corrected chi connectivity index (χ1v) is 11.2. The maximum Gasteiger partial charge on any atom is 0.272 e. The number of hydrogen-bond acceptors (Lipinski definition) is 4. The summed E-state index contributed by atoms with van der Waals surface area (Å²) in [6.07, 6.45) is 13.7. The summed E-state index contributed by atoms with van der Waals surface area (Å²) in [5.74, 6) is -0.0424. The first kappa shape index (κ1) is 22.2. The van der Waals surface area contributed by atoms with E-state index in [0.29, 0.717) is 12.2 Å². The van der Waals surface area contributed by atoms with Crippen molar-refractivity contribution in [2.45, 2.75) is 95.8 Å². The number of rotatable bonds is 15. The molecule has 0 spiro atoms. The summed E-state index contributed by atoms with van der Waals surface area (Å²) in [4.78, 5) is 0. The van der Waals surface area contributed by atoms with Crippen LogP contribution in [0, 0.1) is 0 Å². The molecule has 5 nitrogen and oxygen atoms in total. The second kappa shape index (κ2) is 12.5. The molecule has 0 radical (unpaired) electrons. The molecule has 1 aromatic rings. The molecule has 0 aliphatic heterocycles. The van der Waals surface area contributed by atoms with Gasteiger partial charge in [0.2, 0.25) is 0 Å². The van der Waals surface area contributed by atoms with E-state index >= 15 is 0 Å². The molecular weight excluding hydrogens is 340 g/mol. The number of unbranched alkanes of at least 4 members (excludes halogenated alkanes) is 10. The molecule has 1 rings (SSSR count). The monoisotopic (exact) mass is 374 g/mol. The Kier molecular flexibility index (Phi) is 11.1. The van der Waals surface area contributed by atoms with Crippen LogP contribution < -0.4 is 0 Å². The molecule has 0 fully saturated rings. The van der Waals surface area contributed by atoms with E-state index in [4.69, 9.17) is 8.97 Å². The van der Waals surface area contributed by atoms with Crippen molar-refractivity contribution in [3.05, 3.63) is 23.7 Å². The van der Waals surface area contributed by atoms with Crippen LogP contribution in [-0.4, -0.2) is 18.1 Å². The Hall–Kier alpha value is -0.850. The summed E-state index contributed by atoms with van der Waals surface area (Å²) in [7, 11) is -4.10. The lowest BCUT2D eigenvalue weighted by molar-refractivity contribution is 0.135. The van der Waals surface area contributed by atoms with Crippen molar-refractivity contribution in [2.24, 2.45) is 0 Å². The smallest absolute Gasteiger partial charge is 0.272 e. The van der Waals surface area contributed by atoms with Crippen LogP contribution in [0.15, 0.2) is 16.5 Å². The number of furan rings is 1. The summed E-state index contributed by atoms with van der Waals surface area (Å²) < 4.78 is 35.7. The number of aliphatic hydroxyl groups is 1. The van der Waals surface area contributed by atoms with Gasteiger partial charge in [-0.3, -0.25) is 4.55 Å². The second-order valence-corrected chi connectivity index (χ2v) is 8.32. The van der Waals surface area contributed by atoms with Gasteiger partial charge in [-0.1, -0.05) is 77.6 Å². The van der Waals surface area contributed by atoms with Crippen LogP contribution >= 0.6 is 0 Å². The zero-order valence-corrected chi connectivity index (χ0v) is 16.3. The summed E-state index contributed by atoms with van der Waals surface area (Å²) in [5.41, 5.74) is 0. The predicted molar refractivity (Wildman–Crippen MR) is 100.0 cm³/mol. The highest BCUT2D eigenvalue weighted by atomic mass is 32.2. The predicted octanol–water partition coefficient (Wildman–Crippen LogP) is 5.40. The molecule has 25 heavy (non-hydrogen) atoms. The van der Waals surface area contributed by atoms with Gasteiger partial charge in [0.1, 0.15) is 23.4 Å². The molecule has 0 bridgehead atoms. The molecule has 0 aliphatic rings. The molecule has 0 amide bonds. The van der Waals surface area contributed by atoms with Gasteiger partial charge in [0, 0.05) is 0 Å². The second-order valence-electron chi connectivity index (χ2n) is 6.87. The van der Waals surface area contributed by atoms with E-state index in [1.165, 1.54) is 63.9 Å². The Morgan fingerprint density at radius 1 is 0.920 bits per heavy atom. The van der Waals surface area contributed by atoms with Gasteiger partial charge in [0.05, 0.1) is 0 Å². The first-order valence-electron chi connectivity index (χ1n) is 9.64. The lowest BCUT2D eigenvalue weighted by Gasteiger charge is -2.07. The Morgan fingerprint density at radius 2 is 1.44 bits per heavy atom. The Bertz CT molecular complexity index is 550. The molecule has 1 heterocycles. The zero-order valence-electron chi connectivity index (χ0n) is 15.5. The van der Waals surface area contributed by atoms with Crippen molar-refractivity contribution in [1.29, 1.82) is 0 Å². The van der Waals surface area contributed by atoms with Gasteiger partial charge in [-0.15, -0.1) is 0 Å². The van der Waals surface area contributed by atoms with Crippen LogP contribution in [0.1, 0.15) is 102 Å². The normalized spacial score (nSPS) is 13.2. The Balaban J connectivity index is 2.04. The van der Waals surface area contributed by atoms with Crippen LogP contribution in [0.25, 0.3) is 0 Å². The molecule has 6 heteroatoms. The van der Waals surface area contributed by atoms with Crippen molar-refractivity contribution < 1.29 is 22.5 Å². The minimum atomic E-state index is -4.10. The molecule has 1 unspecified atom stereocenters. The lowest BCUT2D eigenvalue weighted by Crippen LogP contribution is -2.00. The van der Waals surface area contributed by atoms with Gasteiger partial charge in [-0.2, -0.15) is 8.42 Å². The Morgan fingerprint density at radius 3 is 1.96 bits per heavy atom. The summed E-state index contributed by atoms with van der Waals surface area (Å²) in [6, 6.07) is 3.05. The van der Waals surface area contributed by atoms with Crippen molar-refractivity contribution in [2.75, 3.05) is 0 Å². The van der Waals surface area contributed by atoms with Crippen LogP contribution in [0.2, 0.25) is 0 Å². The fourth-order valence-corrected chi connectivity index (χ4v) is 3.49. The lowest BCUT2D eigenvalue weighted by atomic mass is 10.0. The average molecular weight is 375 g/mol. The molecule has 146 valence electrons. The van der Waals surface area contributed by atoms with Crippen LogP contribution in [-0.2, 0) is 15.9 Å². The van der Waals surface area contributed by atoms with Gasteiger partial charge in [-0.05, 0) is 18.6 Å². The third-order valence-electron chi connectivity index (χ3n) is 4.42. The highest BCUT2D eigenvalue weighted by molar-refractivity contribution is 7.84. The van der Waals surface area contributed by atoms with E-state index in [-0.39, 0.29) is 5.76 Å². The van der Waals surface area contributed by atoms with Crippen molar-refractivity contribution in [3.63, 3.8) is 0 Å². The summed E-state index contributed by atoms with van der Waals surface area (Å²) in [6.45, 7) is 2.24. The minimum absolute atomic E-state index is 0.149. The third-order valence-corrected chi connectivity index (χ3v) is 5.07. The summed E-state index contributed by atoms with van der Waals surface area (Å²) in [5, 5.41) is 10.1. The Labute approximate surface area is 152 Å². The largest absolute Gasteiger partial charge is 0.462 e. The van der Waals surface area contributed by atoms with E-state index in [2.05, 4.69) is 6.92 Å². The molecule has 0 saturated carbocycles. The van der Waals surface area contributed by atoms with Crippen molar-refractivity contribution >= 4 is 10.1 Å². The van der Waals surface area contributed by atoms with E-state index in [0.717, 1.165) is 12.8 Å². The van der Waals surface area contributed by atoms with E-state index in [1.54, 1.807) is 6.07 Å². The molecule has 1 atom stereocenters. The average Bonchev–Trinajstić information content (AvgIpc) is 2.99. The fourth-order valence-electron chi connectivity index (χ4n) is 2.98. The molecule has 0 aliphatic carbocycles. The van der Waals surface area contributed by atoms with Crippen molar-refractivity contribution in [3.8, 4) is 0 Å². The van der Waals surface area contributed by atoms with Gasteiger partial charge < -0.3 is 9.52 Å². The standard InChI is InChI=1S/C19H34O5S/c1-2-3-4-5-6-7-8-9-10-11-12-13-18(20)19-15-14-17(24-19)16-25(21,22)23/h14-15,18,20H,2-13,16H2,1H3,(H,21,22,23). The SMILES string of the molecule is CCCCCCCCCCCCCC(O)c1ccc(CS(=O)(=O)O)o1. The van der Waals surface area contributed by atoms with Crippen LogP contribution in [0.3, 0.4) is 0 Å². The molecular formula is C19H34O5S. The third kappa shape index (κ3) is 11.4. The van der Waals surface area contributed by atoms with Gasteiger partial charge >= 0.3 is 0 Å². The highest BCUT2D eigenvalue weighted by Gasteiger charge is 2.15. The highest BCUT2D eigenvalue weighted by Crippen LogP contribution is 2.23. The topological polar surface area (TPSA) is 87.7 Å². The van der Waals surface area contributed by atoms with Gasteiger partial charge in [-0.25, -0.2) is 0 Å². The minimum Gasteiger partial charge on any atom is -0.462 e. The maximum atomic E-state index is 10.8. The van der Waals surface area contributed by atoms with E-state index in [9.17, 15) is 13.5 Å². The first-order chi connectivity index (χ1) is 11.9. The number of hydrogen-bond donors (Lipinski definition) is 2. The zero-order chi connectivity index (χ0) is 18.5. The summed E-state index contributed by atoms with van der Waals surface area (Å²) >= 11 is 0. The number of aliphatic hydroxyl groups excluding tert-OH is 1. The quantitative estimate of drug-likeness (QED) is 0.317.